The summed E-state index contributed by atoms with van der Waals surface area (Å²) in [5, 5.41) is 3.17. The summed E-state index contributed by atoms with van der Waals surface area (Å²) < 4.78 is 0. The number of nitrogens with zero attached hydrogens (tertiary/aromatic N) is 1. The van der Waals surface area contributed by atoms with E-state index in [1.165, 1.54) is 0 Å². The van der Waals surface area contributed by atoms with Crippen molar-refractivity contribution >= 4 is 5.82 Å². The average Bonchev–Trinajstić information content (AvgIpc) is 2.06. The summed E-state index contributed by atoms with van der Waals surface area (Å²) in [6, 6.07) is 6.06. The van der Waals surface area contributed by atoms with Crippen LogP contribution in [0.25, 0.3) is 0 Å². The lowest BCUT2D eigenvalue weighted by Crippen LogP contribution is -2.00. The molecule has 0 amide bonds. The number of hydrogen-bond acceptors (Lipinski definition) is 2. The Morgan fingerprint density at radius 2 is 2.18 bits per heavy atom. The molecule has 1 N–H and O–H groups in total. The summed E-state index contributed by atoms with van der Waals surface area (Å²) in [5.41, 5.74) is 1.14. The van der Waals surface area contributed by atoms with Crippen molar-refractivity contribution in [3.05, 3.63) is 23.9 Å². The third kappa shape index (κ3) is 2.22. The third-order valence-electron chi connectivity index (χ3n) is 1.53. The summed E-state index contributed by atoms with van der Waals surface area (Å²) >= 11 is 0. The van der Waals surface area contributed by atoms with Gasteiger partial charge in [-0.3, -0.25) is 0 Å². The maximum atomic E-state index is 4.37. The van der Waals surface area contributed by atoms with Crippen LogP contribution in [-0.4, -0.2) is 11.5 Å². The van der Waals surface area contributed by atoms with Gasteiger partial charge >= 0.3 is 0 Å². The van der Waals surface area contributed by atoms with Crippen molar-refractivity contribution in [2.45, 2.75) is 20.3 Å². The summed E-state index contributed by atoms with van der Waals surface area (Å²) in [5.74, 6) is 0.979. The number of aryl methyl sites for hydroxylation is 1. The SMILES string of the molecule is CCNc1cccc(CC)n1. The molecule has 1 rings (SSSR count). The van der Waals surface area contributed by atoms with Crippen molar-refractivity contribution in [1.82, 2.24) is 4.98 Å². The van der Waals surface area contributed by atoms with Crippen molar-refractivity contribution in [2.24, 2.45) is 0 Å². The third-order valence-corrected chi connectivity index (χ3v) is 1.53. The molecule has 0 radical (unpaired) electrons. The molecule has 0 aromatic carbocycles. The minimum Gasteiger partial charge on any atom is -0.370 e. The Morgan fingerprint density at radius 1 is 1.36 bits per heavy atom. The van der Waals surface area contributed by atoms with Crippen molar-refractivity contribution in [3.8, 4) is 0 Å². The molecular weight excluding hydrogens is 136 g/mol. The highest BCUT2D eigenvalue weighted by Crippen LogP contribution is 2.04. The van der Waals surface area contributed by atoms with Gasteiger partial charge in [0.1, 0.15) is 5.82 Å². The molecular formula is C9H14N2. The highest BCUT2D eigenvalue weighted by atomic mass is 15.0. The molecule has 0 unspecified atom stereocenters. The zero-order valence-corrected chi connectivity index (χ0v) is 7.09. The first-order valence-electron chi connectivity index (χ1n) is 4.06. The monoisotopic (exact) mass is 150 g/mol. The van der Waals surface area contributed by atoms with Gasteiger partial charge in [-0.05, 0) is 25.5 Å². The summed E-state index contributed by atoms with van der Waals surface area (Å²) in [6.45, 7) is 5.11. The molecule has 2 nitrogen and oxygen atoms in total. The Hall–Kier alpha value is -1.05. The standard InChI is InChI=1S/C9H14N2/c1-3-8-6-5-7-9(11-8)10-4-2/h5-7H,3-4H2,1-2H3,(H,10,11). The number of anilines is 1. The zero-order chi connectivity index (χ0) is 8.10. The molecule has 0 aliphatic rings. The van der Waals surface area contributed by atoms with Gasteiger partial charge in [-0.2, -0.15) is 0 Å². The second-order valence-corrected chi connectivity index (χ2v) is 2.40. The molecule has 0 spiro atoms. The number of aromatic nitrogens is 1. The average molecular weight is 150 g/mol. The summed E-state index contributed by atoms with van der Waals surface area (Å²) in [6.07, 6.45) is 0.999. The molecule has 0 saturated carbocycles. The first-order chi connectivity index (χ1) is 5.36. The van der Waals surface area contributed by atoms with Gasteiger partial charge in [-0.15, -0.1) is 0 Å². The van der Waals surface area contributed by atoms with E-state index >= 15 is 0 Å². The Kier molecular flexibility index (Phi) is 2.90. The molecule has 1 aromatic heterocycles. The van der Waals surface area contributed by atoms with E-state index in [0.717, 1.165) is 24.5 Å². The molecule has 0 fully saturated rings. The van der Waals surface area contributed by atoms with Gasteiger partial charge in [0.15, 0.2) is 0 Å². The van der Waals surface area contributed by atoms with Crippen LogP contribution in [0.3, 0.4) is 0 Å². The smallest absolute Gasteiger partial charge is 0.126 e. The second kappa shape index (κ2) is 3.96. The summed E-state index contributed by atoms with van der Waals surface area (Å²) in [4.78, 5) is 4.37. The van der Waals surface area contributed by atoms with Crippen LogP contribution in [0.5, 0.6) is 0 Å². The Bertz CT molecular complexity index is 221. The minimum atomic E-state index is 0.931. The van der Waals surface area contributed by atoms with Gasteiger partial charge in [0, 0.05) is 12.2 Å². The number of rotatable bonds is 3. The fraction of sp³-hybridized carbons (Fsp3) is 0.444. The van der Waals surface area contributed by atoms with E-state index in [9.17, 15) is 0 Å². The van der Waals surface area contributed by atoms with Crippen LogP contribution in [0.1, 0.15) is 19.5 Å². The highest BCUT2D eigenvalue weighted by Gasteiger charge is 1.92. The predicted octanol–water partition coefficient (Wildman–Crippen LogP) is 2.08. The van der Waals surface area contributed by atoms with Crippen molar-refractivity contribution in [2.75, 3.05) is 11.9 Å². The molecule has 2 heteroatoms. The minimum absolute atomic E-state index is 0.931. The lowest BCUT2D eigenvalue weighted by Gasteiger charge is -2.02. The van der Waals surface area contributed by atoms with E-state index in [0.29, 0.717) is 0 Å². The quantitative estimate of drug-likeness (QED) is 0.713. The van der Waals surface area contributed by atoms with Crippen LogP contribution in [0.2, 0.25) is 0 Å². The van der Waals surface area contributed by atoms with Gasteiger partial charge in [0.2, 0.25) is 0 Å². The van der Waals surface area contributed by atoms with Crippen molar-refractivity contribution in [1.29, 1.82) is 0 Å². The Balaban J connectivity index is 2.74. The van der Waals surface area contributed by atoms with E-state index in [1.807, 2.05) is 18.2 Å². The topological polar surface area (TPSA) is 24.9 Å². The number of nitrogens with one attached hydrogen (secondary N) is 1. The maximum Gasteiger partial charge on any atom is 0.126 e. The van der Waals surface area contributed by atoms with Crippen LogP contribution in [0.4, 0.5) is 5.82 Å². The van der Waals surface area contributed by atoms with Crippen LogP contribution in [0, 0.1) is 0 Å². The fourth-order valence-corrected chi connectivity index (χ4v) is 0.956. The molecule has 0 bridgehead atoms. The van der Waals surface area contributed by atoms with Gasteiger partial charge in [0.25, 0.3) is 0 Å². The van der Waals surface area contributed by atoms with Crippen molar-refractivity contribution in [3.63, 3.8) is 0 Å². The number of pyridine rings is 1. The lowest BCUT2D eigenvalue weighted by atomic mass is 10.3. The molecule has 1 heterocycles. The van der Waals surface area contributed by atoms with Crippen molar-refractivity contribution < 1.29 is 0 Å². The van der Waals surface area contributed by atoms with Crippen LogP contribution >= 0.6 is 0 Å². The van der Waals surface area contributed by atoms with Gasteiger partial charge in [-0.1, -0.05) is 13.0 Å². The van der Waals surface area contributed by atoms with E-state index in [4.69, 9.17) is 0 Å². The van der Waals surface area contributed by atoms with E-state index in [-0.39, 0.29) is 0 Å². The number of hydrogen-bond donors (Lipinski definition) is 1. The Labute approximate surface area is 67.7 Å². The van der Waals surface area contributed by atoms with Gasteiger partial charge in [0.05, 0.1) is 0 Å². The largest absolute Gasteiger partial charge is 0.370 e. The fourth-order valence-electron chi connectivity index (χ4n) is 0.956. The van der Waals surface area contributed by atoms with Gasteiger partial charge < -0.3 is 5.32 Å². The molecule has 60 valence electrons. The van der Waals surface area contributed by atoms with Crippen LogP contribution < -0.4 is 5.32 Å². The lowest BCUT2D eigenvalue weighted by molar-refractivity contribution is 1.02. The van der Waals surface area contributed by atoms with E-state index in [2.05, 4.69) is 24.1 Å². The second-order valence-electron chi connectivity index (χ2n) is 2.40. The van der Waals surface area contributed by atoms with E-state index in [1.54, 1.807) is 0 Å². The van der Waals surface area contributed by atoms with Gasteiger partial charge in [-0.25, -0.2) is 4.98 Å². The molecule has 0 atom stereocenters. The molecule has 0 saturated heterocycles. The normalized spacial score (nSPS) is 9.64. The van der Waals surface area contributed by atoms with Crippen LogP contribution in [0.15, 0.2) is 18.2 Å². The highest BCUT2D eigenvalue weighted by molar-refractivity contribution is 5.34. The van der Waals surface area contributed by atoms with Crippen LogP contribution in [-0.2, 0) is 6.42 Å². The summed E-state index contributed by atoms with van der Waals surface area (Å²) in [7, 11) is 0. The molecule has 0 aliphatic carbocycles. The zero-order valence-electron chi connectivity index (χ0n) is 7.09. The van der Waals surface area contributed by atoms with E-state index < -0.39 is 0 Å². The maximum absolute atomic E-state index is 4.37. The predicted molar refractivity (Wildman–Crippen MR) is 47.8 cm³/mol. The Morgan fingerprint density at radius 3 is 2.82 bits per heavy atom. The first-order valence-corrected chi connectivity index (χ1v) is 4.06. The molecule has 1 aromatic rings. The first kappa shape index (κ1) is 8.05. The molecule has 0 aliphatic heterocycles. The molecule has 11 heavy (non-hydrogen) atoms.